The molecule has 4 amide bonds. The molecule has 2 aromatic carbocycles. The first kappa shape index (κ1) is 34.1. The number of carbonyl (C=O) groups excluding carboxylic acids is 3. The number of allylic oxidation sites excluding steroid dienone is 1. The summed E-state index contributed by atoms with van der Waals surface area (Å²) in [7, 11) is 0. The van der Waals surface area contributed by atoms with Crippen LogP contribution in [0.1, 0.15) is 49.9 Å². The van der Waals surface area contributed by atoms with Crippen molar-refractivity contribution in [3.05, 3.63) is 64.7 Å². The number of nitrogens with zero attached hydrogens (tertiary/aromatic N) is 3. The van der Waals surface area contributed by atoms with Crippen molar-refractivity contribution in [3.8, 4) is 5.75 Å². The van der Waals surface area contributed by atoms with E-state index in [1.807, 2.05) is 0 Å². The Hall–Kier alpha value is -4.27. The molecule has 15 heteroatoms. The third-order valence-electron chi connectivity index (χ3n) is 9.06. The van der Waals surface area contributed by atoms with Gasteiger partial charge in [-0.1, -0.05) is 24.3 Å². The van der Waals surface area contributed by atoms with Gasteiger partial charge in [-0.3, -0.25) is 14.5 Å². The molecule has 3 heterocycles. The van der Waals surface area contributed by atoms with Crippen LogP contribution < -0.4 is 15.0 Å². The minimum atomic E-state index is -6.03. The van der Waals surface area contributed by atoms with Gasteiger partial charge in [-0.2, -0.15) is 26.3 Å². The molecule has 5 rings (SSSR count). The minimum Gasteiger partial charge on any atom is -0.493 e. The first-order chi connectivity index (χ1) is 21.8. The lowest BCUT2D eigenvalue weighted by atomic mass is 9.89. The molecule has 0 spiro atoms. The van der Waals surface area contributed by atoms with Gasteiger partial charge in [0.25, 0.3) is 11.5 Å². The Bertz CT molecular complexity index is 1610. The molecule has 254 valence electrons. The van der Waals surface area contributed by atoms with Gasteiger partial charge in [0, 0.05) is 42.8 Å². The molecule has 0 bridgehead atoms. The standard InChI is InChI=1S/C32H34F6N4O5/c1-5-6-20-13-23(30(46,31(33,34)35)32(36,37)38)7-9-24(20)40-15-19(3)41(16-18(40)2)26(43)17-42-27(44)29(4,39-28(42)45)22-8-10-25-21(14-22)11-12-47-25/h5-10,13-14,18-19,46H,11-12,15-17H2,1-4H3,(H,39,45)/t18?,19-,29+/m1/s1. The molecule has 3 atom stereocenters. The summed E-state index contributed by atoms with van der Waals surface area (Å²) in [6.45, 7) is 6.74. The summed E-state index contributed by atoms with van der Waals surface area (Å²) in [5.74, 6) is -0.396. The average Bonchev–Trinajstić information content (AvgIpc) is 3.55. The Labute approximate surface area is 266 Å². The number of hydrogen-bond acceptors (Lipinski definition) is 6. The molecule has 9 nitrogen and oxygen atoms in total. The molecular weight excluding hydrogens is 634 g/mol. The number of halogens is 6. The van der Waals surface area contributed by atoms with Crippen LogP contribution >= 0.6 is 0 Å². The molecular formula is C32H34F6N4O5. The van der Waals surface area contributed by atoms with Crippen molar-refractivity contribution in [1.29, 1.82) is 0 Å². The summed E-state index contributed by atoms with van der Waals surface area (Å²) < 4.78 is 87.0. The van der Waals surface area contributed by atoms with Gasteiger partial charge in [-0.15, -0.1) is 0 Å². The number of benzene rings is 2. The lowest BCUT2D eigenvalue weighted by Gasteiger charge is -2.46. The van der Waals surface area contributed by atoms with E-state index in [9.17, 15) is 45.8 Å². The average molecular weight is 669 g/mol. The Kier molecular flexibility index (Phi) is 8.52. The summed E-state index contributed by atoms with van der Waals surface area (Å²) in [5, 5.41) is 12.6. The molecule has 0 aliphatic carbocycles. The van der Waals surface area contributed by atoms with Gasteiger partial charge >= 0.3 is 18.4 Å². The van der Waals surface area contributed by atoms with Crippen LogP contribution in [-0.4, -0.2) is 83.4 Å². The van der Waals surface area contributed by atoms with Crippen LogP contribution in [0.4, 0.5) is 36.8 Å². The van der Waals surface area contributed by atoms with Crippen LogP contribution in [0.2, 0.25) is 0 Å². The zero-order valence-electron chi connectivity index (χ0n) is 26.0. The predicted molar refractivity (Wildman–Crippen MR) is 158 cm³/mol. The SMILES string of the molecule is CC=Cc1cc(C(O)(C(F)(F)F)C(F)(F)F)ccc1N1C[C@@H](C)N(C(=O)CN2C(=O)N[C@@](C)(c3ccc4c(c3)CCO4)C2=O)CC1C. The van der Waals surface area contributed by atoms with E-state index in [0.717, 1.165) is 16.5 Å². The predicted octanol–water partition coefficient (Wildman–Crippen LogP) is 4.86. The quantitative estimate of drug-likeness (QED) is 0.337. The number of fused-ring (bicyclic) bond motifs is 1. The summed E-state index contributed by atoms with van der Waals surface area (Å²) in [6.07, 6.45) is -8.62. The van der Waals surface area contributed by atoms with E-state index in [-0.39, 0.29) is 18.7 Å². The molecule has 2 aromatic rings. The number of nitrogens with one attached hydrogen (secondary N) is 1. The number of urea groups is 1. The topological polar surface area (TPSA) is 102 Å². The zero-order chi connectivity index (χ0) is 34.7. The fourth-order valence-corrected chi connectivity index (χ4v) is 6.41. The molecule has 1 unspecified atom stereocenters. The second-order valence-electron chi connectivity index (χ2n) is 12.2. The lowest BCUT2D eigenvalue weighted by molar-refractivity contribution is -0.376. The van der Waals surface area contributed by atoms with Crippen molar-refractivity contribution in [1.82, 2.24) is 15.1 Å². The molecule has 2 fully saturated rings. The Morgan fingerprint density at radius 3 is 2.36 bits per heavy atom. The van der Waals surface area contributed by atoms with E-state index < -0.39 is 65.5 Å². The van der Waals surface area contributed by atoms with Crippen molar-refractivity contribution >= 4 is 29.6 Å². The van der Waals surface area contributed by atoms with Gasteiger partial charge < -0.3 is 25.0 Å². The van der Waals surface area contributed by atoms with Crippen LogP contribution in [0, 0.1) is 0 Å². The number of aliphatic hydroxyl groups is 1. The van der Waals surface area contributed by atoms with Crippen LogP contribution in [-0.2, 0) is 27.1 Å². The minimum absolute atomic E-state index is 0.00693. The van der Waals surface area contributed by atoms with Crippen LogP contribution in [0.25, 0.3) is 6.08 Å². The summed E-state index contributed by atoms with van der Waals surface area (Å²) >= 11 is 0. The maximum absolute atomic E-state index is 13.6. The van der Waals surface area contributed by atoms with Gasteiger partial charge in [0.05, 0.1) is 6.61 Å². The van der Waals surface area contributed by atoms with E-state index in [0.29, 0.717) is 42.2 Å². The van der Waals surface area contributed by atoms with Gasteiger partial charge in [0.1, 0.15) is 17.8 Å². The Balaban J connectivity index is 1.34. The molecule has 3 aliphatic rings. The first-order valence-corrected chi connectivity index (χ1v) is 14.9. The highest BCUT2D eigenvalue weighted by Crippen LogP contribution is 2.50. The number of hydrogen-bond donors (Lipinski definition) is 2. The van der Waals surface area contributed by atoms with Gasteiger partial charge in [0.2, 0.25) is 5.91 Å². The number of anilines is 1. The Morgan fingerprint density at radius 1 is 1.04 bits per heavy atom. The molecule has 3 aliphatic heterocycles. The number of ether oxygens (including phenoxy) is 1. The highest BCUT2D eigenvalue weighted by atomic mass is 19.4. The molecule has 0 radical (unpaired) electrons. The third kappa shape index (κ3) is 5.68. The number of imide groups is 1. The molecule has 2 saturated heterocycles. The van der Waals surface area contributed by atoms with Crippen LogP contribution in [0.3, 0.4) is 0 Å². The van der Waals surface area contributed by atoms with E-state index in [1.165, 1.54) is 17.1 Å². The van der Waals surface area contributed by atoms with Crippen molar-refractivity contribution in [2.45, 2.75) is 69.7 Å². The van der Waals surface area contributed by atoms with E-state index in [2.05, 4.69) is 5.32 Å². The first-order valence-electron chi connectivity index (χ1n) is 14.9. The van der Waals surface area contributed by atoms with Crippen molar-refractivity contribution < 1.29 is 50.6 Å². The molecule has 0 saturated carbocycles. The second-order valence-corrected chi connectivity index (χ2v) is 12.2. The smallest absolute Gasteiger partial charge is 0.430 e. The van der Waals surface area contributed by atoms with E-state index in [1.54, 1.807) is 50.8 Å². The second kappa shape index (κ2) is 11.8. The maximum Gasteiger partial charge on any atom is 0.430 e. The van der Waals surface area contributed by atoms with Gasteiger partial charge in [0.15, 0.2) is 0 Å². The maximum atomic E-state index is 13.6. The number of alkyl halides is 6. The number of amides is 4. The van der Waals surface area contributed by atoms with Gasteiger partial charge in [-0.25, -0.2) is 4.79 Å². The summed E-state index contributed by atoms with van der Waals surface area (Å²) in [5.41, 5.74) is -6.09. The third-order valence-corrected chi connectivity index (χ3v) is 9.06. The molecule has 0 aromatic heterocycles. The number of carbonyl (C=O) groups is 3. The fraction of sp³-hybridized carbons (Fsp3) is 0.469. The van der Waals surface area contributed by atoms with Crippen molar-refractivity contribution in [2.24, 2.45) is 0 Å². The highest BCUT2D eigenvalue weighted by molar-refractivity contribution is 6.09. The van der Waals surface area contributed by atoms with Gasteiger partial charge in [-0.05, 0) is 68.7 Å². The fourth-order valence-electron chi connectivity index (χ4n) is 6.41. The van der Waals surface area contributed by atoms with E-state index in [4.69, 9.17) is 4.74 Å². The number of rotatable bonds is 6. The monoisotopic (exact) mass is 668 g/mol. The Morgan fingerprint density at radius 2 is 1.72 bits per heavy atom. The highest BCUT2D eigenvalue weighted by Gasteiger charge is 2.71. The number of piperazine rings is 1. The van der Waals surface area contributed by atoms with Crippen molar-refractivity contribution in [3.63, 3.8) is 0 Å². The van der Waals surface area contributed by atoms with Crippen molar-refractivity contribution in [2.75, 3.05) is 31.1 Å². The van der Waals surface area contributed by atoms with E-state index >= 15 is 0 Å². The van der Waals surface area contributed by atoms with Crippen LogP contribution in [0.5, 0.6) is 5.75 Å². The molecule has 2 N–H and O–H groups in total. The molecule has 47 heavy (non-hydrogen) atoms. The lowest BCUT2D eigenvalue weighted by Crippen LogP contribution is -2.60. The largest absolute Gasteiger partial charge is 0.493 e. The van der Waals surface area contributed by atoms with Crippen LogP contribution in [0.15, 0.2) is 42.5 Å². The summed E-state index contributed by atoms with van der Waals surface area (Å²) in [6, 6.07) is 5.85. The normalized spacial score (nSPS) is 23.8. The zero-order valence-corrected chi connectivity index (χ0v) is 26.0. The summed E-state index contributed by atoms with van der Waals surface area (Å²) in [4.78, 5) is 44.1.